The summed E-state index contributed by atoms with van der Waals surface area (Å²) in [6.07, 6.45) is 1.16. The number of hydrogen-bond acceptors (Lipinski definition) is 7. The van der Waals surface area contributed by atoms with Crippen LogP contribution in [0.1, 0.15) is 68.7 Å². The van der Waals surface area contributed by atoms with Crippen molar-refractivity contribution in [2.45, 2.75) is 58.2 Å². The summed E-state index contributed by atoms with van der Waals surface area (Å²) in [6.45, 7) is 1.33. The summed E-state index contributed by atoms with van der Waals surface area (Å²) in [5.74, 6) is -0.391. The van der Waals surface area contributed by atoms with E-state index in [0.717, 1.165) is 22.3 Å². The van der Waals surface area contributed by atoms with Gasteiger partial charge in [0.2, 0.25) is 0 Å². The van der Waals surface area contributed by atoms with Gasteiger partial charge in [-0.05, 0) is 65.8 Å². The molecule has 0 heterocycles. The number of carboxylic acids is 1. The molecule has 10 heteroatoms. The van der Waals surface area contributed by atoms with E-state index < -0.39 is 17.9 Å². The predicted octanol–water partition coefficient (Wildman–Crippen LogP) is 9.18. The van der Waals surface area contributed by atoms with Crippen molar-refractivity contribution in [3.8, 4) is 23.0 Å². The lowest BCUT2D eigenvalue weighted by Crippen LogP contribution is -2.37. The maximum atomic E-state index is 13.8. The van der Waals surface area contributed by atoms with Gasteiger partial charge in [-0.25, -0.2) is 0 Å². The SMILES string of the molecule is O=C(O)C[C@@H](CCCCNC(=O)c1cccc(OCc2ccccc2)c1OCc1ccccc1)NC(=O)c1cccc(OCc2ccccc2)c1OCc1ccccc1. The molecule has 0 spiro atoms. The molecule has 0 aliphatic heterocycles. The van der Waals surface area contributed by atoms with Gasteiger partial charge in [-0.15, -0.1) is 0 Å². The van der Waals surface area contributed by atoms with Crippen LogP contribution in [0.25, 0.3) is 0 Å². The number of benzene rings is 6. The van der Waals surface area contributed by atoms with E-state index >= 15 is 0 Å². The van der Waals surface area contributed by atoms with E-state index in [2.05, 4.69) is 10.6 Å². The Bertz CT molecular complexity index is 2240. The molecule has 2 amide bonds. The summed E-state index contributed by atoms with van der Waals surface area (Å²) in [5.41, 5.74) is 4.35. The third-order valence-corrected chi connectivity index (χ3v) is 9.39. The highest BCUT2D eigenvalue weighted by atomic mass is 16.5. The average Bonchev–Trinajstić information content (AvgIpc) is 3.27. The Balaban J connectivity index is 1.08. The third kappa shape index (κ3) is 13.0. The Kier molecular flexibility index (Phi) is 15.5. The van der Waals surface area contributed by atoms with Crippen LogP contribution in [-0.2, 0) is 31.2 Å². The normalized spacial score (nSPS) is 11.2. The first kappa shape index (κ1) is 41.6. The van der Waals surface area contributed by atoms with Crippen LogP contribution in [0.4, 0.5) is 0 Å². The fourth-order valence-corrected chi connectivity index (χ4v) is 6.36. The van der Waals surface area contributed by atoms with Gasteiger partial charge in [-0.1, -0.05) is 133 Å². The molecule has 3 N–H and O–H groups in total. The van der Waals surface area contributed by atoms with Crippen LogP contribution >= 0.6 is 0 Å². The molecule has 0 radical (unpaired) electrons. The van der Waals surface area contributed by atoms with Crippen molar-refractivity contribution in [1.82, 2.24) is 10.6 Å². The molecule has 6 aromatic carbocycles. The molecule has 1 atom stereocenters. The number of ether oxygens (including phenoxy) is 4. The van der Waals surface area contributed by atoms with E-state index in [4.69, 9.17) is 18.9 Å². The van der Waals surface area contributed by atoms with E-state index in [1.807, 2.05) is 121 Å². The number of aliphatic carboxylic acids is 1. The van der Waals surface area contributed by atoms with Crippen LogP contribution in [0.15, 0.2) is 158 Å². The number of carbonyl (C=O) groups is 3. The molecule has 6 aromatic rings. The summed E-state index contributed by atoms with van der Waals surface area (Å²) < 4.78 is 24.7. The van der Waals surface area contributed by atoms with Crippen LogP contribution in [0, 0.1) is 0 Å². The minimum atomic E-state index is -1.04. The van der Waals surface area contributed by atoms with Gasteiger partial charge in [0.15, 0.2) is 23.0 Å². The first-order valence-corrected chi connectivity index (χ1v) is 19.7. The molecule has 0 unspecified atom stereocenters. The van der Waals surface area contributed by atoms with E-state index in [0.29, 0.717) is 55.2 Å². The van der Waals surface area contributed by atoms with Crippen LogP contribution in [0.2, 0.25) is 0 Å². The largest absolute Gasteiger partial charge is 0.485 e. The summed E-state index contributed by atoms with van der Waals surface area (Å²) in [5, 5.41) is 15.6. The molecule has 10 nitrogen and oxygen atoms in total. The van der Waals surface area contributed by atoms with E-state index in [9.17, 15) is 19.5 Å². The number of carbonyl (C=O) groups excluding carboxylic acids is 2. The lowest BCUT2D eigenvalue weighted by Gasteiger charge is -2.20. The average molecular weight is 793 g/mol. The summed E-state index contributed by atoms with van der Waals surface area (Å²) in [7, 11) is 0. The van der Waals surface area contributed by atoms with E-state index in [1.54, 1.807) is 36.4 Å². The smallest absolute Gasteiger partial charge is 0.305 e. The Labute approximate surface area is 344 Å². The fraction of sp³-hybridized carbons (Fsp3) is 0.204. The highest BCUT2D eigenvalue weighted by Crippen LogP contribution is 2.34. The maximum absolute atomic E-state index is 13.8. The molecule has 59 heavy (non-hydrogen) atoms. The topological polar surface area (TPSA) is 132 Å². The number of para-hydroxylation sites is 2. The Morgan fingerprint density at radius 3 is 1.31 bits per heavy atom. The summed E-state index contributed by atoms with van der Waals surface area (Å²) in [4.78, 5) is 39.3. The van der Waals surface area contributed by atoms with Crippen LogP contribution < -0.4 is 29.6 Å². The van der Waals surface area contributed by atoms with Gasteiger partial charge in [-0.3, -0.25) is 14.4 Å². The van der Waals surface area contributed by atoms with Crippen LogP contribution in [0.5, 0.6) is 23.0 Å². The minimum absolute atomic E-state index is 0.197. The van der Waals surface area contributed by atoms with Gasteiger partial charge in [0.05, 0.1) is 17.5 Å². The maximum Gasteiger partial charge on any atom is 0.305 e. The van der Waals surface area contributed by atoms with Crippen molar-refractivity contribution < 1.29 is 38.4 Å². The Morgan fingerprint density at radius 1 is 0.475 bits per heavy atom. The lowest BCUT2D eigenvalue weighted by molar-refractivity contribution is -0.137. The van der Waals surface area contributed by atoms with Gasteiger partial charge in [-0.2, -0.15) is 0 Å². The molecule has 0 aromatic heterocycles. The summed E-state index contributed by atoms with van der Waals surface area (Å²) >= 11 is 0. The Hall–Kier alpha value is -7.07. The van der Waals surface area contributed by atoms with E-state index in [1.165, 1.54) is 0 Å². The molecule has 6 rings (SSSR count). The number of unbranched alkanes of at least 4 members (excludes halogenated alkanes) is 1. The first-order chi connectivity index (χ1) is 28.9. The van der Waals surface area contributed by atoms with Gasteiger partial charge < -0.3 is 34.7 Å². The second-order valence-electron chi connectivity index (χ2n) is 13.9. The molecular formula is C49H48N2O8. The quantitative estimate of drug-likeness (QED) is 0.0580. The second-order valence-corrected chi connectivity index (χ2v) is 13.9. The highest BCUT2D eigenvalue weighted by Gasteiger charge is 2.23. The number of hydrogen-bond donors (Lipinski definition) is 3. The number of amides is 2. The predicted molar refractivity (Wildman–Crippen MR) is 226 cm³/mol. The standard InChI is InChI=1S/C49H48N2O8/c52-45(53)31-40(51-49(55)42-27-16-29-44(57-33-37-19-7-2-8-20-37)47(42)59-35-39-23-11-4-12-24-39)25-13-14-30-50-48(54)41-26-15-28-43(56-32-36-17-5-1-6-18-36)46(41)58-34-38-21-9-3-10-22-38/h1-12,15-24,26-29,40H,13-14,25,30-35H2,(H,50,54)(H,51,55)(H,52,53)/t40-/m1/s1. The van der Waals surface area contributed by atoms with Crippen molar-refractivity contribution in [1.29, 1.82) is 0 Å². The number of rotatable bonds is 22. The van der Waals surface area contributed by atoms with Gasteiger partial charge in [0, 0.05) is 12.6 Å². The zero-order valence-corrected chi connectivity index (χ0v) is 32.8. The van der Waals surface area contributed by atoms with Crippen molar-refractivity contribution in [2.24, 2.45) is 0 Å². The highest BCUT2D eigenvalue weighted by molar-refractivity contribution is 5.98. The molecule has 0 saturated carbocycles. The van der Waals surface area contributed by atoms with Crippen molar-refractivity contribution in [2.75, 3.05) is 6.54 Å². The monoisotopic (exact) mass is 792 g/mol. The molecule has 0 aliphatic carbocycles. The second kappa shape index (κ2) is 22.0. The first-order valence-electron chi connectivity index (χ1n) is 19.7. The summed E-state index contributed by atoms with van der Waals surface area (Å²) in [6, 6.07) is 48.3. The zero-order valence-electron chi connectivity index (χ0n) is 32.8. The number of nitrogens with one attached hydrogen (secondary N) is 2. The molecule has 302 valence electrons. The third-order valence-electron chi connectivity index (χ3n) is 9.39. The van der Waals surface area contributed by atoms with Gasteiger partial charge >= 0.3 is 5.97 Å². The van der Waals surface area contributed by atoms with Crippen molar-refractivity contribution in [3.05, 3.63) is 191 Å². The van der Waals surface area contributed by atoms with Gasteiger partial charge in [0.1, 0.15) is 26.4 Å². The fourth-order valence-electron chi connectivity index (χ4n) is 6.36. The van der Waals surface area contributed by atoms with Gasteiger partial charge in [0.25, 0.3) is 11.8 Å². The van der Waals surface area contributed by atoms with Crippen molar-refractivity contribution >= 4 is 17.8 Å². The van der Waals surface area contributed by atoms with Crippen LogP contribution in [0.3, 0.4) is 0 Å². The van der Waals surface area contributed by atoms with E-state index in [-0.39, 0.29) is 43.5 Å². The molecule has 0 aliphatic rings. The minimum Gasteiger partial charge on any atom is -0.485 e. The Morgan fingerprint density at radius 2 is 0.881 bits per heavy atom. The molecule has 0 fully saturated rings. The molecule has 0 bridgehead atoms. The number of carboxylic acid groups (broad SMARTS) is 1. The molecule has 0 saturated heterocycles. The van der Waals surface area contributed by atoms with Crippen molar-refractivity contribution in [3.63, 3.8) is 0 Å². The molecular weight excluding hydrogens is 745 g/mol. The zero-order chi connectivity index (χ0) is 41.1. The van der Waals surface area contributed by atoms with Crippen LogP contribution in [-0.4, -0.2) is 35.5 Å². The lowest BCUT2D eigenvalue weighted by atomic mass is 10.0.